The first-order chi connectivity index (χ1) is 11.5. The Kier molecular flexibility index (Phi) is 4.92. The van der Waals surface area contributed by atoms with Gasteiger partial charge in [-0.15, -0.1) is 0 Å². The zero-order valence-corrected chi connectivity index (χ0v) is 14.5. The Morgan fingerprint density at radius 2 is 2.12 bits per heavy atom. The van der Waals surface area contributed by atoms with Gasteiger partial charge >= 0.3 is 0 Å². The molecule has 2 N–H and O–H groups in total. The second kappa shape index (κ2) is 7.11. The van der Waals surface area contributed by atoms with E-state index in [1.54, 1.807) is 24.3 Å². The number of carbonyl (C=O) groups is 1. The number of hydrazone groups is 1. The van der Waals surface area contributed by atoms with Crippen LogP contribution in [-0.4, -0.2) is 29.9 Å². The summed E-state index contributed by atoms with van der Waals surface area (Å²) in [4.78, 5) is 12.1. The smallest absolute Gasteiger partial charge is 0.284 e. The van der Waals surface area contributed by atoms with Crippen molar-refractivity contribution in [1.82, 2.24) is 5.43 Å². The van der Waals surface area contributed by atoms with E-state index in [0.717, 1.165) is 0 Å². The molecule has 0 unspecified atom stereocenters. The first-order valence-corrected chi connectivity index (χ1v) is 8.11. The number of aromatic hydroxyl groups is 1. The van der Waals surface area contributed by atoms with Crippen molar-refractivity contribution in [1.29, 1.82) is 0 Å². The Hall–Kier alpha value is -2.25. The first kappa shape index (κ1) is 16.6. The van der Waals surface area contributed by atoms with Crippen LogP contribution in [-0.2, 0) is 4.79 Å². The number of para-hydroxylation sites is 2. The molecule has 1 aliphatic heterocycles. The Morgan fingerprint density at radius 1 is 1.38 bits per heavy atom. The number of amides is 1. The lowest BCUT2D eigenvalue weighted by atomic mass is 10.2. The number of phenols is 1. The minimum absolute atomic E-state index is 0.0245. The fourth-order valence-electron chi connectivity index (χ4n) is 2.07. The second-order valence-electron chi connectivity index (χ2n) is 4.92. The SMILES string of the molecule is O=C(N/N=C/c1cc(Cl)cc(Br)c1O)[C@@H]1COc2ccccc2O1. The van der Waals surface area contributed by atoms with Gasteiger partial charge in [0.1, 0.15) is 12.4 Å². The molecular weight excluding hydrogens is 400 g/mol. The molecule has 1 heterocycles. The fourth-order valence-corrected chi connectivity index (χ4v) is 2.90. The molecular formula is C16H12BrClN2O4. The molecule has 0 saturated heterocycles. The standard InChI is InChI=1S/C16H12BrClN2O4/c17-11-6-10(18)5-9(15(11)21)7-19-20-16(22)14-8-23-12-3-1-2-4-13(12)24-14/h1-7,14,21H,8H2,(H,20,22)/b19-7+/t14-/m0/s1. The number of hydrogen-bond donors (Lipinski definition) is 2. The van der Waals surface area contributed by atoms with Gasteiger partial charge in [-0.1, -0.05) is 23.7 Å². The van der Waals surface area contributed by atoms with E-state index in [-0.39, 0.29) is 12.4 Å². The molecule has 8 heteroatoms. The second-order valence-corrected chi connectivity index (χ2v) is 6.21. The van der Waals surface area contributed by atoms with Crippen LogP contribution >= 0.6 is 27.5 Å². The molecule has 124 valence electrons. The summed E-state index contributed by atoms with van der Waals surface area (Å²) in [6.45, 7) is 0.0896. The van der Waals surface area contributed by atoms with E-state index in [2.05, 4.69) is 26.5 Å². The fraction of sp³-hybridized carbons (Fsp3) is 0.125. The molecule has 0 aromatic heterocycles. The number of nitrogens with zero attached hydrogens (tertiary/aromatic N) is 1. The number of carbonyl (C=O) groups excluding carboxylic acids is 1. The molecule has 1 aliphatic rings. The molecule has 0 spiro atoms. The van der Waals surface area contributed by atoms with Crippen molar-refractivity contribution < 1.29 is 19.4 Å². The van der Waals surface area contributed by atoms with Crippen LogP contribution in [0.5, 0.6) is 17.2 Å². The van der Waals surface area contributed by atoms with Crippen LogP contribution in [0.1, 0.15) is 5.56 Å². The van der Waals surface area contributed by atoms with Gasteiger partial charge in [0.25, 0.3) is 5.91 Å². The van der Waals surface area contributed by atoms with Gasteiger partial charge in [0, 0.05) is 10.6 Å². The zero-order valence-electron chi connectivity index (χ0n) is 12.2. The van der Waals surface area contributed by atoms with E-state index in [9.17, 15) is 9.90 Å². The number of benzene rings is 2. The van der Waals surface area contributed by atoms with Crippen LogP contribution in [0.15, 0.2) is 46.0 Å². The predicted octanol–water partition coefficient (Wildman–Crippen LogP) is 3.10. The van der Waals surface area contributed by atoms with Gasteiger partial charge in [-0.3, -0.25) is 4.79 Å². The third-order valence-electron chi connectivity index (χ3n) is 3.24. The van der Waals surface area contributed by atoms with Crippen LogP contribution < -0.4 is 14.9 Å². The lowest BCUT2D eigenvalue weighted by Crippen LogP contribution is -2.42. The summed E-state index contributed by atoms with van der Waals surface area (Å²) in [6, 6.07) is 10.2. The molecule has 0 radical (unpaired) electrons. The number of nitrogens with one attached hydrogen (secondary N) is 1. The van der Waals surface area contributed by atoms with Crippen molar-refractivity contribution in [3.05, 3.63) is 51.5 Å². The summed E-state index contributed by atoms with van der Waals surface area (Å²) in [7, 11) is 0. The summed E-state index contributed by atoms with van der Waals surface area (Å²) in [5, 5.41) is 14.1. The maximum atomic E-state index is 12.1. The highest BCUT2D eigenvalue weighted by Gasteiger charge is 2.27. The van der Waals surface area contributed by atoms with Gasteiger partial charge in [-0.05, 0) is 40.2 Å². The average molecular weight is 412 g/mol. The monoisotopic (exact) mass is 410 g/mol. The molecule has 0 fully saturated rings. The number of hydrogen-bond acceptors (Lipinski definition) is 5. The summed E-state index contributed by atoms with van der Waals surface area (Å²) in [5.41, 5.74) is 2.72. The number of phenolic OH excluding ortho intramolecular Hbond substituents is 1. The van der Waals surface area contributed by atoms with Gasteiger partial charge < -0.3 is 14.6 Å². The first-order valence-electron chi connectivity index (χ1n) is 6.94. The molecule has 1 amide bonds. The van der Waals surface area contributed by atoms with Crippen molar-refractivity contribution in [2.45, 2.75) is 6.10 Å². The van der Waals surface area contributed by atoms with Gasteiger partial charge in [0.2, 0.25) is 6.10 Å². The molecule has 6 nitrogen and oxygen atoms in total. The third-order valence-corrected chi connectivity index (χ3v) is 4.06. The maximum absolute atomic E-state index is 12.1. The highest BCUT2D eigenvalue weighted by molar-refractivity contribution is 9.10. The topological polar surface area (TPSA) is 80.2 Å². The lowest BCUT2D eigenvalue weighted by molar-refractivity contribution is -0.130. The molecule has 0 bridgehead atoms. The van der Waals surface area contributed by atoms with E-state index in [0.29, 0.717) is 26.6 Å². The van der Waals surface area contributed by atoms with Gasteiger partial charge in [-0.25, -0.2) is 5.43 Å². The number of fused-ring (bicyclic) bond motifs is 1. The number of halogens is 2. The van der Waals surface area contributed by atoms with Crippen LogP contribution in [0.2, 0.25) is 5.02 Å². The number of ether oxygens (including phenoxy) is 2. The molecule has 24 heavy (non-hydrogen) atoms. The van der Waals surface area contributed by atoms with Crippen LogP contribution in [0.3, 0.4) is 0 Å². The highest BCUT2D eigenvalue weighted by atomic mass is 79.9. The molecule has 3 rings (SSSR count). The Bertz CT molecular complexity index is 813. The average Bonchev–Trinajstić information content (AvgIpc) is 2.58. The van der Waals surface area contributed by atoms with Crippen molar-refractivity contribution in [3.63, 3.8) is 0 Å². The minimum Gasteiger partial charge on any atom is -0.506 e. The summed E-state index contributed by atoms with van der Waals surface area (Å²) >= 11 is 9.08. The van der Waals surface area contributed by atoms with Gasteiger partial charge in [0.05, 0.1) is 10.7 Å². The predicted molar refractivity (Wildman–Crippen MR) is 92.9 cm³/mol. The van der Waals surface area contributed by atoms with Crippen LogP contribution in [0.4, 0.5) is 0 Å². The molecule has 2 aromatic rings. The van der Waals surface area contributed by atoms with E-state index < -0.39 is 12.0 Å². The molecule has 0 saturated carbocycles. The summed E-state index contributed by atoms with van der Waals surface area (Å²) in [6.07, 6.45) is 0.485. The summed E-state index contributed by atoms with van der Waals surface area (Å²) in [5.74, 6) is 0.618. The van der Waals surface area contributed by atoms with Crippen molar-refractivity contribution in [3.8, 4) is 17.2 Å². The van der Waals surface area contributed by atoms with Crippen molar-refractivity contribution in [2.24, 2.45) is 5.10 Å². The Morgan fingerprint density at radius 3 is 2.92 bits per heavy atom. The van der Waals surface area contributed by atoms with Crippen LogP contribution in [0.25, 0.3) is 0 Å². The van der Waals surface area contributed by atoms with Crippen LogP contribution in [0, 0.1) is 0 Å². The third kappa shape index (κ3) is 3.63. The maximum Gasteiger partial charge on any atom is 0.284 e. The van der Waals surface area contributed by atoms with Crippen molar-refractivity contribution in [2.75, 3.05) is 6.61 Å². The van der Waals surface area contributed by atoms with E-state index in [1.165, 1.54) is 12.3 Å². The highest BCUT2D eigenvalue weighted by Crippen LogP contribution is 2.31. The van der Waals surface area contributed by atoms with E-state index in [4.69, 9.17) is 21.1 Å². The van der Waals surface area contributed by atoms with E-state index in [1.807, 2.05) is 6.07 Å². The largest absolute Gasteiger partial charge is 0.506 e. The quantitative estimate of drug-likeness (QED) is 0.601. The summed E-state index contributed by atoms with van der Waals surface area (Å²) < 4.78 is 11.5. The lowest BCUT2D eigenvalue weighted by Gasteiger charge is -2.24. The Labute approximate surface area is 151 Å². The normalized spacial score (nSPS) is 16.2. The zero-order chi connectivity index (χ0) is 17.1. The molecule has 1 atom stereocenters. The van der Waals surface area contributed by atoms with Gasteiger partial charge in [0.15, 0.2) is 11.5 Å². The van der Waals surface area contributed by atoms with Crippen molar-refractivity contribution >= 4 is 39.7 Å². The van der Waals surface area contributed by atoms with Gasteiger partial charge in [-0.2, -0.15) is 5.10 Å². The molecule has 2 aromatic carbocycles. The number of rotatable bonds is 3. The molecule has 0 aliphatic carbocycles. The van der Waals surface area contributed by atoms with E-state index >= 15 is 0 Å². The Balaban J connectivity index is 1.64. The minimum atomic E-state index is -0.809.